The van der Waals surface area contributed by atoms with Crippen molar-refractivity contribution in [2.24, 2.45) is 0 Å². The van der Waals surface area contributed by atoms with Gasteiger partial charge in [-0.15, -0.1) is 23.7 Å². The van der Waals surface area contributed by atoms with Gasteiger partial charge in [0.05, 0.1) is 0 Å². The van der Waals surface area contributed by atoms with Gasteiger partial charge in [-0.05, 0) is 25.1 Å². The Bertz CT molecular complexity index is 746. The summed E-state index contributed by atoms with van der Waals surface area (Å²) < 4.78 is 28.1. The predicted molar refractivity (Wildman–Crippen MR) is 90.3 cm³/mol. The second kappa shape index (κ2) is 6.40. The van der Waals surface area contributed by atoms with Crippen LogP contribution in [0.2, 0.25) is 5.02 Å². The molecule has 2 heterocycles. The van der Waals surface area contributed by atoms with Crippen LogP contribution in [0.15, 0.2) is 28.5 Å². The van der Waals surface area contributed by atoms with E-state index in [0.717, 1.165) is 4.70 Å². The number of benzene rings is 1. The summed E-state index contributed by atoms with van der Waals surface area (Å²) in [5.41, 5.74) is 0. The Labute approximate surface area is 139 Å². The number of thiophene rings is 1. The second-order valence-electron chi connectivity index (χ2n) is 4.96. The van der Waals surface area contributed by atoms with E-state index in [1.165, 1.54) is 11.3 Å². The first-order valence-electron chi connectivity index (χ1n) is 6.39. The molecule has 1 atom stereocenters. The average Bonchev–Trinajstić information content (AvgIpc) is 2.82. The lowest BCUT2D eigenvalue weighted by Crippen LogP contribution is -2.51. The predicted octanol–water partition coefficient (Wildman–Crippen LogP) is 2.96. The van der Waals surface area contributed by atoms with Gasteiger partial charge in [0.25, 0.3) is 0 Å². The zero-order valence-corrected chi connectivity index (χ0v) is 14.6. The van der Waals surface area contributed by atoms with E-state index in [-0.39, 0.29) is 18.4 Å². The van der Waals surface area contributed by atoms with E-state index in [4.69, 9.17) is 11.6 Å². The zero-order chi connectivity index (χ0) is 14.3. The number of fused-ring (bicyclic) bond motifs is 1. The van der Waals surface area contributed by atoms with Crippen molar-refractivity contribution in [3.8, 4) is 0 Å². The normalized spacial score (nSPS) is 20.4. The van der Waals surface area contributed by atoms with Gasteiger partial charge in [0.2, 0.25) is 10.0 Å². The fourth-order valence-electron chi connectivity index (χ4n) is 2.43. The fraction of sp³-hybridized carbons (Fsp3) is 0.385. The molecule has 4 nitrogen and oxygen atoms in total. The molecule has 0 radical (unpaired) electrons. The van der Waals surface area contributed by atoms with Crippen LogP contribution in [0.1, 0.15) is 6.92 Å². The van der Waals surface area contributed by atoms with Crippen LogP contribution < -0.4 is 5.32 Å². The Kier molecular flexibility index (Phi) is 5.18. The molecule has 0 amide bonds. The number of piperazine rings is 1. The van der Waals surface area contributed by atoms with Gasteiger partial charge in [0.1, 0.15) is 4.90 Å². The molecule has 8 heteroatoms. The molecule has 0 bridgehead atoms. The summed E-state index contributed by atoms with van der Waals surface area (Å²) in [6.45, 7) is 3.68. The number of sulfonamides is 1. The van der Waals surface area contributed by atoms with Gasteiger partial charge in [0, 0.05) is 46.2 Å². The minimum atomic E-state index is -3.45. The smallest absolute Gasteiger partial charge is 0.244 e. The van der Waals surface area contributed by atoms with Gasteiger partial charge in [0.15, 0.2) is 0 Å². The highest BCUT2D eigenvalue weighted by Gasteiger charge is 2.30. The lowest BCUT2D eigenvalue weighted by Gasteiger charge is -2.30. The molecular weight excluding hydrogens is 351 g/mol. The maximum Gasteiger partial charge on any atom is 0.244 e. The van der Waals surface area contributed by atoms with Crippen molar-refractivity contribution in [1.82, 2.24) is 9.62 Å². The molecule has 0 spiro atoms. The van der Waals surface area contributed by atoms with Crippen LogP contribution in [0.3, 0.4) is 0 Å². The molecule has 1 aromatic heterocycles. The number of nitrogens with one attached hydrogen (secondary N) is 1. The minimum absolute atomic E-state index is 0. The molecule has 116 valence electrons. The third-order valence-electron chi connectivity index (χ3n) is 3.45. The maximum atomic E-state index is 12.8. The van der Waals surface area contributed by atoms with Crippen molar-refractivity contribution in [3.63, 3.8) is 0 Å². The Morgan fingerprint density at radius 3 is 2.90 bits per heavy atom. The van der Waals surface area contributed by atoms with E-state index < -0.39 is 10.0 Å². The van der Waals surface area contributed by atoms with Gasteiger partial charge in [-0.1, -0.05) is 11.6 Å². The van der Waals surface area contributed by atoms with Crippen LogP contribution in [-0.4, -0.2) is 38.4 Å². The highest BCUT2D eigenvalue weighted by Crippen LogP contribution is 2.33. The van der Waals surface area contributed by atoms with E-state index in [2.05, 4.69) is 5.32 Å². The number of halogens is 2. The fourth-order valence-corrected chi connectivity index (χ4v) is 5.58. The molecule has 21 heavy (non-hydrogen) atoms. The minimum Gasteiger partial charge on any atom is -0.312 e. The first-order valence-corrected chi connectivity index (χ1v) is 9.08. The third-order valence-corrected chi connectivity index (χ3v) is 6.70. The molecule has 0 saturated carbocycles. The molecule has 1 N–H and O–H groups in total. The second-order valence-corrected chi connectivity index (χ2v) is 8.21. The molecular formula is C13H16Cl2N2O2S2. The topological polar surface area (TPSA) is 49.4 Å². The van der Waals surface area contributed by atoms with Crippen LogP contribution in [0.4, 0.5) is 0 Å². The van der Waals surface area contributed by atoms with Crippen molar-refractivity contribution in [2.75, 3.05) is 19.6 Å². The Morgan fingerprint density at radius 2 is 2.19 bits per heavy atom. The summed E-state index contributed by atoms with van der Waals surface area (Å²) in [6, 6.07) is 5.55. The Hall–Kier alpha value is -0.370. The SMILES string of the molecule is CC1CN(S(=O)(=O)c2csc3ccc(Cl)cc23)CCN1.Cl. The molecule has 3 rings (SSSR count). The zero-order valence-electron chi connectivity index (χ0n) is 11.4. The maximum absolute atomic E-state index is 12.8. The first-order chi connectivity index (χ1) is 9.48. The molecule has 1 fully saturated rings. The highest BCUT2D eigenvalue weighted by molar-refractivity contribution is 7.89. The summed E-state index contributed by atoms with van der Waals surface area (Å²) in [7, 11) is -3.45. The van der Waals surface area contributed by atoms with Crippen molar-refractivity contribution >= 4 is 55.5 Å². The average molecular weight is 367 g/mol. The third kappa shape index (κ3) is 3.21. The first kappa shape index (κ1) is 17.0. The molecule has 1 saturated heterocycles. The van der Waals surface area contributed by atoms with Gasteiger partial charge < -0.3 is 5.32 Å². The Balaban J connectivity index is 0.00000161. The highest BCUT2D eigenvalue weighted by atomic mass is 35.5. The van der Waals surface area contributed by atoms with Crippen molar-refractivity contribution in [1.29, 1.82) is 0 Å². The number of hydrogen-bond donors (Lipinski definition) is 1. The van der Waals surface area contributed by atoms with E-state index in [1.54, 1.807) is 21.8 Å². The lowest BCUT2D eigenvalue weighted by molar-refractivity contribution is 0.310. The van der Waals surface area contributed by atoms with Crippen molar-refractivity contribution < 1.29 is 8.42 Å². The summed E-state index contributed by atoms with van der Waals surface area (Å²) in [6.07, 6.45) is 0. The van der Waals surface area contributed by atoms with E-state index >= 15 is 0 Å². The summed E-state index contributed by atoms with van der Waals surface area (Å²) >= 11 is 7.43. The molecule has 2 aromatic rings. The summed E-state index contributed by atoms with van der Waals surface area (Å²) in [5.74, 6) is 0. The van der Waals surface area contributed by atoms with Gasteiger partial charge >= 0.3 is 0 Å². The van der Waals surface area contributed by atoms with Crippen molar-refractivity contribution in [2.45, 2.75) is 17.9 Å². The van der Waals surface area contributed by atoms with Crippen molar-refractivity contribution in [3.05, 3.63) is 28.6 Å². The monoisotopic (exact) mass is 366 g/mol. The number of rotatable bonds is 2. The van der Waals surface area contributed by atoms with Crippen LogP contribution in [0.25, 0.3) is 10.1 Å². The standard InChI is InChI=1S/C13H15ClN2O2S2.ClH/c1-9-7-16(5-4-15-9)20(17,18)13-8-19-12-3-2-10(14)6-11(12)13;/h2-3,6,8-9,15H,4-5,7H2,1H3;1H. The molecule has 0 aliphatic carbocycles. The largest absolute Gasteiger partial charge is 0.312 e. The summed E-state index contributed by atoms with van der Waals surface area (Å²) in [4.78, 5) is 0.370. The van der Waals surface area contributed by atoms with Crippen LogP contribution in [-0.2, 0) is 10.0 Å². The molecule has 1 aliphatic heterocycles. The van der Waals surface area contributed by atoms with Crippen LogP contribution >= 0.6 is 35.3 Å². The molecule has 1 aliphatic rings. The molecule has 1 aromatic carbocycles. The summed E-state index contributed by atoms with van der Waals surface area (Å²) in [5, 5.41) is 6.24. The van der Waals surface area contributed by atoms with Gasteiger partial charge in [-0.25, -0.2) is 8.42 Å². The quantitative estimate of drug-likeness (QED) is 0.888. The van der Waals surface area contributed by atoms with Gasteiger partial charge in [-0.3, -0.25) is 0 Å². The molecule has 1 unspecified atom stereocenters. The number of nitrogens with zero attached hydrogens (tertiary/aromatic N) is 1. The Morgan fingerprint density at radius 1 is 1.43 bits per heavy atom. The van der Waals surface area contributed by atoms with E-state index in [0.29, 0.717) is 34.9 Å². The lowest BCUT2D eigenvalue weighted by atomic mass is 10.3. The van der Waals surface area contributed by atoms with E-state index in [9.17, 15) is 8.42 Å². The van der Waals surface area contributed by atoms with E-state index in [1.807, 2.05) is 13.0 Å². The number of hydrogen-bond acceptors (Lipinski definition) is 4. The van der Waals surface area contributed by atoms with Crippen LogP contribution in [0.5, 0.6) is 0 Å². The van der Waals surface area contributed by atoms with Gasteiger partial charge in [-0.2, -0.15) is 4.31 Å². The van der Waals surface area contributed by atoms with Crippen LogP contribution in [0, 0.1) is 0 Å².